The van der Waals surface area contributed by atoms with Crippen LogP contribution in [0.3, 0.4) is 0 Å². The first kappa shape index (κ1) is 15.7. The van der Waals surface area contributed by atoms with Crippen LogP contribution in [0.4, 0.5) is 11.5 Å². The van der Waals surface area contributed by atoms with E-state index < -0.39 is 5.91 Å². The normalized spacial score (nSPS) is 10.9. The van der Waals surface area contributed by atoms with Gasteiger partial charge in [0, 0.05) is 18.5 Å². The molecule has 0 fully saturated rings. The van der Waals surface area contributed by atoms with E-state index in [4.69, 9.17) is 11.5 Å². The third-order valence-corrected chi connectivity index (χ3v) is 2.34. The molecule has 0 aliphatic carbocycles. The molecule has 0 unspecified atom stereocenters. The second-order valence-corrected chi connectivity index (χ2v) is 5.47. The lowest BCUT2D eigenvalue weighted by Gasteiger charge is -2.20. The van der Waals surface area contributed by atoms with Gasteiger partial charge in [-0.15, -0.1) is 0 Å². The third-order valence-electron chi connectivity index (χ3n) is 2.34. The fourth-order valence-electron chi connectivity index (χ4n) is 1.52. The highest BCUT2D eigenvalue weighted by molar-refractivity contribution is 5.91. The quantitative estimate of drug-likeness (QED) is 0.624. The molecule has 0 aliphatic heterocycles. The number of anilines is 2. The molecule has 1 aromatic heterocycles. The highest BCUT2D eigenvalue weighted by Gasteiger charge is 2.13. The zero-order valence-electron chi connectivity index (χ0n) is 12.0. The number of rotatable bonds is 5. The fraction of sp³-hybridized carbons (Fsp3) is 0.462. The smallest absolute Gasteiger partial charge is 0.267 e. The van der Waals surface area contributed by atoms with E-state index in [1.165, 1.54) is 6.07 Å². The van der Waals surface area contributed by atoms with Crippen molar-refractivity contribution in [1.29, 1.82) is 0 Å². The van der Waals surface area contributed by atoms with Crippen LogP contribution in [0, 0.1) is 0 Å². The lowest BCUT2D eigenvalue weighted by Crippen LogP contribution is -2.41. The van der Waals surface area contributed by atoms with Gasteiger partial charge in [-0.1, -0.05) is 0 Å². The number of carbonyl (C=O) groups excluding carboxylic acids is 2. The number of aromatic nitrogens is 1. The average molecular weight is 279 g/mol. The molecule has 110 valence electrons. The lowest BCUT2D eigenvalue weighted by atomic mass is 10.1. The van der Waals surface area contributed by atoms with Crippen LogP contribution in [0.1, 0.15) is 37.7 Å². The molecule has 0 spiro atoms. The Bertz CT molecular complexity index is 508. The van der Waals surface area contributed by atoms with Crippen molar-refractivity contribution in [2.45, 2.75) is 32.7 Å². The summed E-state index contributed by atoms with van der Waals surface area (Å²) in [5, 5.41) is 5.77. The van der Waals surface area contributed by atoms with E-state index in [2.05, 4.69) is 15.6 Å². The number of pyridine rings is 1. The molecule has 0 aliphatic rings. The van der Waals surface area contributed by atoms with Crippen LogP contribution in [-0.4, -0.2) is 28.9 Å². The predicted octanol–water partition coefficient (Wildman–Crippen LogP) is 0.479. The monoisotopic (exact) mass is 279 g/mol. The van der Waals surface area contributed by atoms with Crippen LogP contribution in [0.25, 0.3) is 0 Å². The van der Waals surface area contributed by atoms with Crippen LogP contribution in [0.2, 0.25) is 0 Å². The van der Waals surface area contributed by atoms with Crippen LogP contribution in [0.15, 0.2) is 12.1 Å². The van der Waals surface area contributed by atoms with Gasteiger partial charge in [0.15, 0.2) is 0 Å². The molecule has 7 nitrogen and oxygen atoms in total. The number of nitrogen functional groups attached to an aromatic ring is 1. The number of nitrogens with one attached hydrogen (secondary N) is 2. The molecule has 20 heavy (non-hydrogen) atoms. The molecular formula is C13H21N5O2. The molecule has 0 saturated heterocycles. The Hall–Kier alpha value is -2.31. The van der Waals surface area contributed by atoms with Gasteiger partial charge in [-0.3, -0.25) is 9.59 Å². The minimum atomic E-state index is -0.626. The second-order valence-electron chi connectivity index (χ2n) is 5.47. The first-order valence-electron chi connectivity index (χ1n) is 6.30. The average Bonchev–Trinajstić information content (AvgIpc) is 2.28. The highest BCUT2D eigenvalue weighted by Crippen LogP contribution is 2.15. The van der Waals surface area contributed by atoms with Gasteiger partial charge in [-0.05, 0) is 32.9 Å². The zero-order valence-corrected chi connectivity index (χ0v) is 12.0. The van der Waals surface area contributed by atoms with E-state index in [9.17, 15) is 9.59 Å². The van der Waals surface area contributed by atoms with Crippen molar-refractivity contribution in [1.82, 2.24) is 10.3 Å². The van der Waals surface area contributed by atoms with E-state index in [0.29, 0.717) is 18.1 Å². The number of hydrogen-bond acceptors (Lipinski definition) is 5. The molecule has 1 rings (SSSR count). The van der Waals surface area contributed by atoms with Crippen molar-refractivity contribution in [2.75, 3.05) is 17.6 Å². The van der Waals surface area contributed by atoms with E-state index in [-0.39, 0.29) is 23.6 Å². The molecule has 1 aromatic rings. The van der Waals surface area contributed by atoms with Crippen molar-refractivity contribution in [3.63, 3.8) is 0 Å². The lowest BCUT2D eigenvalue weighted by molar-refractivity contribution is -0.122. The molecule has 0 bridgehead atoms. The van der Waals surface area contributed by atoms with Gasteiger partial charge in [0.05, 0.1) is 5.69 Å². The summed E-state index contributed by atoms with van der Waals surface area (Å²) in [6.45, 7) is 6.10. The maximum atomic E-state index is 11.6. The van der Waals surface area contributed by atoms with Gasteiger partial charge in [-0.2, -0.15) is 0 Å². The van der Waals surface area contributed by atoms with E-state index >= 15 is 0 Å². The predicted molar refractivity (Wildman–Crippen MR) is 78.2 cm³/mol. The third kappa shape index (κ3) is 5.13. The van der Waals surface area contributed by atoms with Gasteiger partial charge in [0.1, 0.15) is 11.5 Å². The highest BCUT2D eigenvalue weighted by atomic mass is 16.2. The number of amides is 2. The molecule has 0 radical (unpaired) electrons. The molecular weight excluding hydrogens is 258 g/mol. The van der Waals surface area contributed by atoms with Crippen molar-refractivity contribution in [3.05, 3.63) is 17.8 Å². The standard InChI is InChI=1S/C13H21N5O2/c1-13(2,3)18-10(19)6-7-16-12-8(14)4-5-9(17-12)11(15)20/h4-5H,6-7,14H2,1-3H3,(H2,15,20)(H,16,17)(H,18,19). The Kier molecular flexibility index (Phi) is 4.90. The molecule has 0 atom stereocenters. The Morgan fingerprint density at radius 2 is 1.95 bits per heavy atom. The number of carbonyl (C=O) groups is 2. The zero-order chi connectivity index (χ0) is 15.3. The Balaban J connectivity index is 2.56. The molecule has 7 heteroatoms. The van der Waals surface area contributed by atoms with E-state index in [1.807, 2.05) is 20.8 Å². The fourth-order valence-corrected chi connectivity index (χ4v) is 1.52. The van der Waals surface area contributed by atoms with Crippen LogP contribution in [0.5, 0.6) is 0 Å². The molecule has 1 heterocycles. The number of hydrogen-bond donors (Lipinski definition) is 4. The number of nitrogens with two attached hydrogens (primary N) is 2. The summed E-state index contributed by atoms with van der Waals surface area (Å²) in [6, 6.07) is 3.00. The largest absolute Gasteiger partial charge is 0.396 e. The summed E-state index contributed by atoms with van der Waals surface area (Å²) in [5.41, 5.74) is 11.1. The topological polar surface area (TPSA) is 123 Å². The van der Waals surface area contributed by atoms with Crippen LogP contribution in [-0.2, 0) is 4.79 Å². The van der Waals surface area contributed by atoms with Crippen molar-refractivity contribution >= 4 is 23.3 Å². The van der Waals surface area contributed by atoms with Gasteiger partial charge in [0.25, 0.3) is 5.91 Å². The number of nitrogens with zero attached hydrogens (tertiary/aromatic N) is 1. The summed E-state index contributed by atoms with van der Waals surface area (Å²) >= 11 is 0. The first-order chi connectivity index (χ1) is 9.19. The molecule has 2 amide bonds. The van der Waals surface area contributed by atoms with E-state index in [1.54, 1.807) is 6.07 Å². The maximum Gasteiger partial charge on any atom is 0.267 e. The first-order valence-corrected chi connectivity index (χ1v) is 6.30. The minimum absolute atomic E-state index is 0.0744. The van der Waals surface area contributed by atoms with Crippen molar-refractivity contribution < 1.29 is 9.59 Å². The summed E-state index contributed by atoms with van der Waals surface area (Å²) in [6.07, 6.45) is 0.277. The van der Waals surface area contributed by atoms with Crippen LogP contribution < -0.4 is 22.1 Å². The molecule has 0 saturated carbocycles. The van der Waals surface area contributed by atoms with Gasteiger partial charge in [0.2, 0.25) is 5.91 Å². The SMILES string of the molecule is CC(C)(C)NC(=O)CCNc1nc(C(N)=O)ccc1N. The van der Waals surface area contributed by atoms with Gasteiger partial charge >= 0.3 is 0 Å². The van der Waals surface area contributed by atoms with Crippen LogP contribution >= 0.6 is 0 Å². The van der Waals surface area contributed by atoms with Gasteiger partial charge < -0.3 is 22.1 Å². The second kappa shape index (κ2) is 6.23. The maximum absolute atomic E-state index is 11.6. The number of primary amides is 1. The Labute approximate surface area is 118 Å². The van der Waals surface area contributed by atoms with Gasteiger partial charge in [-0.25, -0.2) is 4.98 Å². The summed E-state index contributed by atoms with van der Waals surface area (Å²) in [7, 11) is 0. The Morgan fingerprint density at radius 1 is 1.30 bits per heavy atom. The van der Waals surface area contributed by atoms with Crippen molar-refractivity contribution in [2.24, 2.45) is 5.73 Å². The minimum Gasteiger partial charge on any atom is -0.396 e. The summed E-state index contributed by atoms with van der Waals surface area (Å²) in [4.78, 5) is 26.7. The van der Waals surface area contributed by atoms with E-state index in [0.717, 1.165) is 0 Å². The summed E-state index contributed by atoms with van der Waals surface area (Å²) < 4.78 is 0. The van der Waals surface area contributed by atoms with Crippen molar-refractivity contribution in [3.8, 4) is 0 Å². The molecule has 6 N–H and O–H groups in total. The Morgan fingerprint density at radius 3 is 2.50 bits per heavy atom. The summed E-state index contributed by atoms with van der Waals surface area (Å²) in [5.74, 6) is -0.349. The molecule has 0 aromatic carbocycles.